The molecule has 2 aromatic rings. The summed E-state index contributed by atoms with van der Waals surface area (Å²) >= 11 is 0. The van der Waals surface area contributed by atoms with E-state index < -0.39 is 16.5 Å². The van der Waals surface area contributed by atoms with E-state index in [2.05, 4.69) is 9.97 Å². The lowest BCUT2D eigenvalue weighted by Gasteiger charge is -2.10. The highest BCUT2D eigenvalue weighted by molar-refractivity contribution is 5.72. The standard InChI is InChI=1S/C12H10N4O3/c13-12-11(16(18)19)10(14-7-15-12)9(6-17)8-4-2-1-3-5-8/h1-7,9H,(H2,13,14,15). The average Bonchev–Trinajstić information content (AvgIpc) is 2.40. The average molecular weight is 258 g/mol. The Morgan fingerprint density at radius 3 is 2.53 bits per heavy atom. The van der Waals surface area contributed by atoms with Crippen molar-refractivity contribution in [2.24, 2.45) is 0 Å². The molecule has 7 heteroatoms. The SMILES string of the molecule is Nc1ncnc(C(C=O)c2ccccc2)c1[N+](=O)[O-]. The molecule has 96 valence electrons. The number of aldehydes is 1. The highest BCUT2D eigenvalue weighted by Crippen LogP contribution is 2.31. The third-order valence-corrected chi connectivity index (χ3v) is 2.65. The monoisotopic (exact) mass is 258 g/mol. The molecule has 0 saturated heterocycles. The van der Waals surface area contributed by atoms with Gasteiger partial charge < -0.3 is 10.5 Å². The van der Waals surface area contributed by atoms with Gasteiger partial charge in [0.25, 0.3) is 0 Å². The first-order chi connectivity index (χ1) is 9.15. The minimum absolute atomic E-state index is 0.00120. The van der Waals surface area contributed by atoms with E-state index in [1.807, 2.05) is 0 Å². The first-order valence-corrected chi connectivity index (χ1v) is 5.40. The maximum absolute atomic E-state index is 11.3. The summed E-state index contributed by atoms with van der Waals surface area (Å²) in [6, 6.07) is 8.65. The number of rotatable bonds is 4. The van der Waals surface area contributed by atoms with Crippen molar-refractivity contribution in [3.8, 4) is 0 Å². The van der Waals surface area contributed by atoms with Crippen LogP contribution in [0.25, 0.3) is 0 Å². The van der Waals surface area contributed by atoms with Gasteiger partial charge in [-0.05, 0) is 5.56 Å². The zero-order valence-electron chi connectivity index (χ0n) is 9.76. The number of aromatic nitrogens is 2. The van der Waals surface area contributed by atoms with Crippen LogP contribution < -0.4 is 5.73 Å². The predicted molar refractivity (Wildman–Crippen MR) is 67.4 cm³/mol. The van der Waals surface area contributed by atoms with Gasteiger partial charge in [0, 0.05) is 0 Å². The van der Waals surface area contributed by atoms with Crippen LogP contribution >= 0.6 is 0 Å². The number of nitrogens with zero attached hydrogens (tertiary/aromatic N) is 3. The molecule has 0 aliphatic carbocycles. The van der Waals surface area contributed by atoms with E-state index >= 15 is 0 Å². The lowest BCUT2D eigenvalue weighted by Crippen LogP contribution is -2.11. The number of nitrogens with two attached hydrogens (primary N) is 1. The van der Waals surface area contributed by atoms with Crippen molar-refractivity contribution in [3.05, 3.63) is 58.0 Å². The van der Waals surface area contributed by atoms with Gasteiger partial charge in [-0.2, -0.15) is 0 Å². The molecule has 0 aliphatic heterocycles. The molecule has 0 bridgehead atoms. The van der Waals surface area contributed by atoms with Crippen molar-refractivity contribution in [2.75, 3.05) is 5.73 Å². The lowest BCUT2D eigenvalue weighted by molar-refractivity contribution is -0.385. The molecule has 0 spiro atoms. The molecule has 0 amide bonds. The molecule has 0 saturated carbocycles. The number of hydrogen-bond donors (Lipinski definition) is 1. The highest BCUT2D eigenvalue weighted by atomic mass is 16.6. The van der Waals surface area contributed by atoms with Crippen LogP contribution in [0.2, 0.25) is 0 Å². The summed E-state index contributed by atoms with van der Waals surface area (Å²) in [6.45, 7) is 0. The normalized spacial score (nSPS) is 11.8. The molecule has 7 nitrogen and oxygen atoms in total. The van der Waals surface area contributed by atoms with Crippen LogP contribution in [0.5, 0.6) is 0 Å². The quantitative estimate of drug-likeness (QED) is 0.502. The smallest absolute Gasteiger partial charge is 0.333 e. The van der Waals surface area contributed by atoms with Crippen molar-refractivity contribution in [1.29, 1.82) is 0 Å². The van der Waals surface area contributed by atoms with E-state index in [4.69, 9.17) is 5.73 Å². The van der Waals surface area contributed by atoms with Crippen LogP contribution in [-0.2, 0) is 4.79 Å². The molecule has 1 heterocycles. The Balaban J connectivity index is 2.60. The summed E-state index contributed by atoms with van der Waals surface area (Å²) in [5.74, 6) is -1.09. The van der Waals surface area contributed by atoms with Gasteiger partial charge in [-0.3, -0.25) is 10.1 Å². The minimum Gasteiger partial charge on any atom is -0.378 e. The summed E-state index contributed by atoms with van der Waals surface area (Å²) in [5, 5.41) is 11.0. The molecule has 2 rings (SSSR count). The third kappa shape index (κ3) is 2.39. The molecular formula is C12H10N4O3. The van der Waals surface area contributed by atoms with Gasteiger partial charge in [-0.15, -0.1) is 0 Å². The molecule has 0 aliphatic rings. The van der Waals surface area contributed by atoms with Crippen molar-refractivity contribution in [1.82, 2.24) is 9.97 Å². The summed E-state index contributed by atoms with van der Waals surface area (Å²) < 4.78 is 0. The van der Waals surface area contributed by atoms with Gasteiger partial charge in [-0.25, -0.2) is 9.97 Å². The number of carbonyl (C=O) groups is 1. The van der Waals surface area contributed by atoms with E-state index in [1.54, 1.807) is 30.3 Å². The molecular weight excluding hydrogens is 248 g/mol. The number of nitrogen functional groups attached to an aromatic ring is 1. The number of benzene rings is 1. The lowest BCUT2D eigenvalue weighted by atomic mass is 9.96. The molecule has 1 atom stereocenters. The fourth-order valence-corrected chi connectivity index (χ4v) is 1.78. The highest BCUT2D eigenvalue weighted by Gasteiger charge is 2.28. The molecule has 19 heavy (non-hydrogen) atoms. The molecule has 1 aromatic carbocycles. The van der Waals surface area contributed by atoms with Crippen LogP contribution in [0.1, 0.15) is 17.2 Å². The van der Waals surface area contributed by atoms with E-state index in [0.717, 1.165) is 6.33 Å². The minimum atomic E-state index is -0.841. The summed E-state index contributed by atoms with van der Waals surface area (Å²) in [7, 11) is 0. The summed E-state index contributed by atoms with van der Waals surface area (Å²) in [5.41, 5.74) is 5.67. The van der Waals surface area contributed by atoms with Crippen molar-refractivity contribution < 1.29 is 9.72 Å². The van der Waals surface area contributed by atoms with Crippen LogP contribution in [-0.4, -0.2) is 21.2 Å². The fourth-order valence-electron chi connectivity index (χ4n) is 1.78. The van der Waals surface area contributed by atoms with Crippen LogP contribution in [0, 0.1) is 10.1 Å². The van der Waals surface area contributed by atoms with Gasteiger partial charge in [0.05, 0.1) is 10.8 Å². The Bertz CT molecular complexity index is 616. The maximum atomic E-state index is 11.3. The van der Waals surface area contributed by atoms with Crippen molar-refractivity contribution in [3.63, 3.8) is 0 Å². The Hall–Kier alpha value is -2.83. The first-order valence-electron chi connectivity index (χ1n) is 5.40. The Kier molecular flexibility index (Phi) is 3.46. The van der Waals surface area contributed by atoms with E-state index in [-0.39, 0.29) is 11.5 Å². The van der Waals surface area contributed by atoms with Gasteiger partial charge in [0.2, 0.25) is 5.82 Å². The molecule has 0 fully saturated rings. The molecule has 0 radical (unpaired) electrons. The zero-order chi connectivity index (χ0) is 13.8. The Morgan fingerprint density at radius 1 is 1.26 bits per heavy atom. The van der Waals surface area contributed by atoms with Crippen LogP contribution in [0.15, 0.2) is 36.7 Å². The second-order valence-corrected chi connectivity index (χ2v) is 3.77. The van der Waals surface area contributed by atoms with Gasteiger partial charge in [-0.1, -0.05) is 30.3 Å². The summed E-state index contributed by atoms with van der Waals surface area (Å²) in [6.07, 6.45) is 1.71. The predicted octanol–water partition coefficient (Wildman–Crippen LogP) is 1.30. The number of nitro groups is 1. The Morgan fingerprint density at radius 2 is 1.95 bits per heavy atom. The van der Waals surface area contributed by atoms with Crippen molar-refractivity contribution in [2.45, 2.75) is 5.92 Å². The second kappa shape index (κ2) is 5.21. The largest absolute Gasteiger partial charge is 0.378 e. The number of anilines is 1. The first kappa shape index (κ1) is 12.6. The Labute approximate surface area is 108 Å². The van der Waals surface area contributed by atoms with Gasteiger partial charge >= 0.3 is 5.69 Å². The molecule has 2 N–H and O–H groups in total. The van der Waals surface area contributed by atoms with Crippen molar-refractivity contribution >= 4 is 17.8 Å². The third-order valence-electron chi connectivity index (χ3n) is 2.65. The maximum Gasteiger partial charge on any atom is 0.333 e. The van der Waals surface area contributed by atoms with Gasteiger partial charge in [0.1, 0.15) is 18.3 Å². The van der Waals surface area contributed by atoms with E-state index in [0.29, 0.717) is 11.8 Å². The number of carbonyl (C=O) groups excluding carboxylic acids is 1. The molecule has 1 unspecified atom stereocenters. The molecule has 1 aromatic heterocycles. The summed E-state index contributed by atoms with van der Waals surface area (Å²) in [4.78, 5) is 29.0. The van der Waals surface area contributed by atoms with Crippen LogP contribution in [0.3, 0.4) is 0 Å². The number of hydrogen-bond acceptors (Lipinski definition) is 6. The van der Waals surface area contributed by atoms with E-state index in [1.165, 1.54) is 0 Å². The fraction of sp³-hybridized carbons (Fsp3) is 0.0833. The topological polar surface area (TPSA) is 112 Å². The van der Waals surface area contributed by atoms with E-state index in [9.17, 15) is 14.9 Å². The second-order valence-electron chi connectivity index (χ2n) is 3.77. The van der Waals surface area contributed by atoms with Crippen LogP contribution in [0.4, 0.5) is 11.5 Å². The zero-order valence-corrected chi connectivity index (χ0v) is 9.76. The van der Waals surface area contributed by atoms with Gasteiger partial charge in [0.15, 0.2) is 0 Å².